The van der Waals surface area contributed by atoms with E-state index in [1.165, 1.54) is 5.56 Å². The third kappa shape index (κ3) is 3.78. The Morgan fingerprint density at radius 3 is 2.19 bits per heavy atom. The number of aliphatic hydroxyl groups is 1. The molecule has 0 fully saturated rings. The molecule has 0 aliphatic rings. The van der Waals surface area contributed by atoms with Gasteiger partial charge in [-0.15, -0.1) is 0 Å². The van der Waals surface area contributed by atoms with Crippen LogP contribution in [0.5, 0.6) is 0 Å². The van der Waals surface area contributed by atoms with Crippen molar-refractivity contribution < 1.29 is 5.11 Å². The van der Waals surface area contributed by atoms with Crippen molar-refractivity contribution in [1.29, 1.82) is 0 Å². The molecule has 2 nitrogen and oxygen atoms in total. The maximum atomic E-state index is 9.07. The molecule has 0 saturated heterocycles. The lowest BCUT2D eigenvalue weighted by Crippen LogP contribution is -2.35. The second kappa shape index (κ2) is 6.24. The number of nitrogens with one attached hydrogen (secondary N) is 1. The molecule has 0 spiro atoms. The molecule has 90 valence electrons. The molecule has 1 rings (SSSR count). The number of benzene rings is 1. The lowest BCUT2D eigenvalue weighted by molar-refractivity contribution is 0.229. The van der Waals surface area contributed by atoms with Crippen LogP contribution in [0.4, 0.5) is 0 Å². The van der Waals surface area contributed by atoms with Crippen LogP contribution in [-0.4, -0.2) is 17.8 Å². The first-order chi connectivity index (χ1) is 7.54. The van der Waals surface area contributed by atoms with Gasteiger partial charge in [-0.25, -0.2) is 0 Å². The number of rotatable bonds is 5. The van der Waals surface area contributed by atoms with Crippen LogP contribution < -0.4 is 5.32 Å². The van der Waals surface area contributed by atoms with Crippen LogP contribution >= 0.6 is 11.6 Å². The summed E-state index contributed by atoms with van der Waals surface area (Å²) in [6, 6.07) is 8.21. The minimum absolute atomic E-state index is 0.100. The van der Waals surface area contributed by atoms with E-state index in [4.69, 9.17) is 16.7 Å². The fraction of sp³-hybridized carbons (Fsp3) is 0.538. The molecule has 0 bridgehead atoms. The molecule has 1 aromatic rings. The van der Waals surface area contributed by atoms with Crippen molar-refractivity contribution in [3.8, 4) is 0 Å². The summed E-state index contributed by atoms with van der Waals surface area (Å²) in [6.45, 7) is 6.45. The van der Waals surface area contributed by atoms with Crippen LogP contribution in [0.2, 0.25) is 5.02 Å². The van der Waals surface area contributed by atoms with Crippen molar-refractivity contribution in [2.24, 2.45) is 5.92 Å². The summed E-state index contributed by atoms with van der Waals surface area (Å²) >= 11 is 5.87. The highest BCUT2D eigenvalue weighted by molar-refractivity contribution is 6.30. The first kappa shape index (κ1) is 13.5. The highest BCUT2D eigenvalue weighted by Crippen LogP contribution is 2.23. The Morgan fingerprint density at radius 2 is 1.75 bits per heavy atom. The van der Waals surface area contributed by atoms with Crippen LogP contribution in [0.1, 0.15) is 32.4 Å². The van der Waals surface area contributed by atoms with E-state index in [-0.39, 0.29) is 18.7 Å². The number of hydrogen-bond acceptors (Lipinski definition) is 2. The SMILES string of the molecule is CC(C)C(N[C@H](C)CO)c1ccc(Cl)cc1. The average Bonchev–Trinajstić information content (AvgIpc) is 2.26. The molecule has 0 aromatic heterocycles. The van der Waals surface area contributed by atoms with E-state index < -0.39 is 0 Å². The zero-order chi connectivity index (χ0) is 12.1. The van der Waals surface area contributed by atoms with Gasteiger partial charge in [0.1, 0.15) is 0 Å². The van der Waals surface area contributed by atoms with E-state index in [1.54, 1.807) is 0 Å². The lowest BCUT2D eigenvalue weighted by atomic mass is 9.95. The monoisotopic (exact) mass is 241 g/mol. The topological polar surface area (TPSA) is 32.3 Å². The van der Waals surface area contributed by atoms with Crippen molar-refractivity contribution in [1.82, 2.24) is 5.32 Å². The van der Waals surface area contributed by atoms with E-state index in [0.29, 0.717) is 5.92 Å². The van der Waals surface area contributed by atoms with Gasteiger partial charge >= 0.3 is 0 Å². The van der Waals surface area contributed by atoms with E-state index in [9.17, 15) is 0 Å². The van der Waals surface area contributed by atoms with Crippen LogP contribution in [-0.2, 0) is 0 Å². The lowest BCUT2D eigenvalue weighted by Gasteiger charge is -2.26. The summed E-state index contributed by atoms with van der Waals surface area (Å²) in [7, 11) is 0. The summed E-state index contributed by atoms with van der Waals surface area (Å²) in [5.74, 6) is 0.468. The van der Waals surface area contributed by atoms with Gasteiger partial charge in [0.25, 0.3) is 0 Å². The second-order valence-corrected chi connectivity index (χ2v) is 4.96. The molecule has 1 unspecified atom stereocenters. The summed E-state index contributed by atoms with van der Waals surface area (Å²) in [6.07, 6.45) is 0. The molecule has 1 aromatic carbocycles. The second-order valence-electron chi connectivity index (χ2n) is 4.52. The standard InChI is InChI=1S/C13H20ClNO/c1-9(2)13(15-10(3)8-16)11-4-6-12(14)7-5-11/h4-7,9-10,13,15-16H,8H2,1-3H3/t10-,13?/m1/s1. The Kier molecular flexibility index (Phi) is 5.26. The molecular formula is C13H20ClNO. The molecular weight excluding hydrogens is 222 g/mol. The Bertz CT molecular complexity index is 310. The van der Waals surface area contributed by atoms with E-state index in [0.717, 1.165) is 5.02 Å². The van der Waals surface area contributed by atoms with Crippen LogP contribution in [0, 0.1) is 5.92 Å². The predicted octanol–water partition coefficient (Wildman–Crippen LogP) is 3.01. The van der Waals surface area contributed by atoms with Gasteiger partial charge in [0.05, 0.1) is 6.61 Å². The van der Waals surface area contributed by atoms with Crippen LogP contribution in [0.3, 0.4) is 0 Å². The van der Waals surface area contributed by atoms with Crippen molar-refractivity contribution in [2.45, 2.75) is 32.9 Å². The number of hydrogen-bond donors (Lipinski definition) is 2. The van der Waals surface area contributed by atoms with Crippen LogP contribution in [0.25, 0.3) is 0 Å². The molecule has 0 radical (unpaired) electrons. The van der Waals surface area contributed by atoms with Gasteiger partial charge in [0, 0.05) is 17.1 Å². The molecule has 0 saturated carbocycles. The van der Waals surface area contributed by atoms with Gasteiger partial charge in [-0.3, -0.25) is 0 Å². The maximum Gasteiger partial charge on any atom is 0.0582 e. The minimum Gasteiger partial charge on any atom is -0.395 e. The number of halogens is 1. The van der Waals surface area contributed by atoms with Crippen molar-refractivity contribution in [3.63, 3.8) is 0 Å². The van der Waals surface area contributed by atoms with Gasteiger partial charge in [-0.05, 0) is 30.5 Å². The molecule has 2 atom stereocenters. The van der Waals surface area contributed by atoms with Crippen molar-refractivity contribution in [2.75, 3.05) is 6.61 Å². The molecule has 0 heterocycles. The van der Waals surface area contributed by atoms with Gasteiger partial charge in [-0.2, -0.15) is 0 Å². The fourth-order valence-corrected chi connectivity index (χ4v) is 1.83. The van der Waals surface area contributed by atoms with E-state index in [2.05, 4.69) is 19.2 Å². The zero-order valence-corrected chi connectivity index (χ0v) is 10.8. The minimum atomic E-state index is 0.100. The first-order valence-electron chi connectivity index (χ1n) is 5.67. The van der Waals surface area contributed by atoms with Gasteiger partial charge in [0.15, 0.2) is 0 Å². The van der Waals surface area contributed by atoms with Crippen molar-refractivity contribution >= 4 is 11.6 Å². The molecule has 0 amide bonds. The molecule has 16 heavy (non-hydrogen) atoms. The smallest absolute Gasteiger partial charge is 0.0582 e. The Labute approximate surface area is 103 Å². The van der Waals surface area contributed by atoms with Gasteiger partial charge in [0.2, 0.25) is 0 Å². The van der Waals surface area contributed by atoms with Crippen molar-refractivity contribution in [3.05, 3.63) is 34.9 Å². The Morgan fingerprint density at radius 1 is 1.19 bits per heavy atom. The third-order valence-electron chi connectivity index (χ3n) is 2.63. The Balaban J connectivity index is 2.81. The summed E-state index contributed by atoms with van der Waals surface area (Å²) in [4.78, 5) is 0. The summed E-state index contributed by atoms with van der Waals surface area (Å²) in [5, 5.41) is 13.2. The summed E-state index contributed by atoms with van der Waals surface area (Å²) < 4.78 is 0. The van der Waals surface area contributed by atoms with Gasteiger partial charge in [-0.1, -0.05) is 37.6 Å². The number of aliphatic hydroxyl groups excluding tert-OH is 1. The fourth-order valence-electron chi connectivity index (χ4n) is 1.70. The highest BCUT2D eigenvalue weighted by atomic mass is 35.5. The average molecular weight is 242 g/mol. The van der Waals surface area contributed by atoms with Gasteiger partial charge < -0.3 is 10.4 Å². The van der Waals surface area contributed by atoms with E-state index >= 15 is 0 Å². The molecule has 2 N–H and O–H groups in total. The maximum absolute atomic E-state index is 9.07. The zero-order valence-electron chi connectivity index (χ0n) is 10.1. The van der Waals surface area contributed by atoms with Crippen LogP contribution in [0.15, 0.2) is 24.3 Å². The largest absolute Gasteiger partial charge is 0.395 e. The molecule has 3 heteroatoms. The molecule has 0 aliphatic heterocycles. The van der Waals surface area contributed by atoms with E-state index in [1.807, 2.05) is 31.2 Å². The quantitative estimate of drug-likeness (QED) is 0.831. The highest BCUT2D eigenvalue weighted by Gasteiger charge is 2.17. The predicted molar refractivity (Wildman–Crippen MR) is 68.7 cm³/mol. The first-order valence-corrected chi connectivity index (χ1v) is 6.04. The molecule has 0 aliphatic carbocycles. The third-order valence-corrected chi connectivity index (χ3v) is 2.89. The Hall–Kier alpha value is -0.570. The normalized spacial score (nSPS) is 15.1. The summed E-state index contributed by atoms with van der Waals surface area (Å²) in [5.41, 5.74) is 1.21.